The minimum Gasteiger partial charge on any atom is -0.305 e. The smallest absolute Gasteiger partial charge is 0.0679 e. The summed E-state index contributed by atoms with van der Waals surface area (Å²) in [4.78, 5) is 8.94. The molecular formula is C9H22N2O2. The van der Waals surface area contributed by atoms with E-state index < -0.39 is 0 Å². The number of hydrogen-bond acceptors (Lipinski definition) is 4. The quantitative estimate of drug-likeness (QED) is 0.404. The van der Waals surface area contributed by atoms with Crippen molar-refractivity contribution in [2.45, 2.75) is 44.9 Å². The molecule has 0 saturated heterocycles. The van der Waals surface area contributed by atoms with E-state index in [0.717, 1.165) is 12.8 Å². The van der Waals surface area contributed by atoms with Crippen LogP contribution in [0.1, 0.15) is 44.9 Å². The van der Waals surface area contributed by atoms with Gasteiger partial charge in [0.05, 0.1) is 13.2 Å². The van der Waals surface area contributed by atoms with Gasteiger partial charge in [-0.25, -0.2) is 11.8 Å². The Morgan fingerprint density at radius 3 is 1.15 bits per heavy atom. The number of hydrogen-bond donors (Lipinski definition) is 2. The van der Waals surface area contributed by atoms with Crippen molar-refractivity contribution in [1.29, 1.82) is 0 Å². The Bertz CT molecular complexity index is 81.7. The molecule has 4 heteroatoms. The van der Waals surface area contributed by atoms with Crippen LogP contribution >= 0.6 is 0 Å². The van der Waals surface area contributed by atoms with Crippen molar-refractivity contribution < 1.29 is 9.68 Å². The van der Waals surface area contributed by atoms with Gasteiger partial charge in [-0.3, -0.25) is 0 Å². The molecule has 0 aliphatic rings. The molecule has 0 aliphatic heterocycles. The number of unbranched alkanes of at least 4 members (excludes halogenated alkanes) is 6. The van der Waals surface area contributed by atoms with E-state index >= 15 is 0 Å². The first kappa shape index (κ1) is 12.8. The van der Waals surface area contributed by atoms with E-state index in [9.17, 15) is 0 Å². The molecule has 0 aliphatic carbocycles. The van der Waals surface area contributed by atoms with E-state index in [-0.39, 0.29) is 0 Å². The van der Waals surface area contributed by atoms with Crippen LogP contribution in [0.4, 0.5) is 0 Å². The molecule has 0 saturated carbocycles. The van der Waals surface area contributed by atoms with Crippen molar-refractivity contribution in [2.24, 2.45) is 11.8 Å². The number of nitrogens with two attached hydrogens (primary N) is 2. The number of rotatable bonds is 10. The Kier molecular flexibility index (Phi) is 11.7. The predicted molar refractivity (Wildman–Crippen MR) is 52.6 cm³/mol. The van der Waals surface area contributed by atoms with Gasteiger partial charge in [0.25, 0.3) is 0 Å². The SMILES string of the molecule is NOCCCCCCCCCON. The summed E-state index contributed by atoms with van der Waals surface area (Å²) in [6.07, 6.45) is 8.40. The van der Waals surface area contributed by atoms with Crippen molar-refractivity contribution in [3.8, 4) is 0 Å². The zero-order chi connectivity index (χ0) is 9.78. The molecule has 13 heavy (non-hydrogen) atoms. The monoisotopic (exact) mass is 190 g/mol. The highest BCUT2D eigenvalue weighted by Crippen LogP contribution is 2.06. The van der Waals surface area contributed by atoms with Gasteiger partial charge in [-0.05, 0) is 12.8 Å². The Balaban J connectivity index is 2.76. The van der Waals surface area contributed by atoms with Gasteiger partial charge in [0.15, 0.2) is 0 Å². The van der Waals surface area contributed by atoms with Crippen molar-refractivity contribution in [2.75, 3.05) is 13.2 Å². The molecule has 0 aromatic carbocycles. The first-order valence-electron chi connectivity index (χ1n) is 5.05. The topological polar surface area (TPSA) is 70.5 Å². The fraction of sp³-hybridized carbons (Fsp3) is 1.00. The average molecular weight is 190 g/mol. The van der Waals surface area contributed by atoms with Gasteiger partial charge in [0, 0.05) is 0 Å². The van der Waals surface area contributed by atoms with E-state index in [4.69, 9.17) is 11.8 Å². The zero-order valence-corrected chi connectivity index (χ0v) is 8.34. The molecule has 0 fully saturated rings. The third-order valence-corrected chi connectivity index (χ3v) is 2.02. The molecule has 0 aromatic heterocycles. The first-order valence-corrected chi connectivity index (χ1v) is 5.05. The van der Waals surface area contributed by atoms with Gasteiger partial charge in [-0.1, -0.05) is 32.1 Å². The Morgan fingerprint density at radius 2 is 0.846 bits per heavy atom. The second-order valence-corrected chi connectivity index (χ2v) is 3.22. The summed E-state index contributed by atoms with van der Waals surface area (Å²) in [5.41, 5.74) is 0. The van der Waals surface area contributed by atoms with Crippen LogP contribution in [-0.2, 0) is 9.68 Å². The molecule has 0 unspecified atom stereocenters. The highest BCUT2D eigenvalue weighted by molar-refractivity contribution is 4.45. The molecular weight excluding hydrogens is 168 g/mol. The molecule has 0 bridgehead atoms. The van der Waals surface area contributed by atoms with Crippen molar-refractivity contribution >= 4 is 0 Å². The molecule has 0 heterocycles. The molecule has 0 atom stereocenters. The summed E-state index contributed by atoms with van der Waals surface area (Å²) in [7, 11) is 0. The molecule has 0 rings (SSSR count). The van der Waals surface area contributed by atoms with E-state index in [2.05, 4.69) is 9.68 Å². The third kappa shape index (κ3) is 11.8. The highest BCUT2D eigenvalue weighted by atomic mass is 16.6. The van der Waals surface area contributed by atoms with Crippen LogP contribution in [0, 0.1) is 0 Å². The molecule has 4 N–H and O–H groups in total. The largest absolute Gasteiger partial charge is 0.305 e. The summed E-state index contributed by atoms with van der Waals surface area (Å²) in [5.74, 6) is 9.80. The Morgan fingerprint density at radius 1 is 0.538 bits per heavy atom. The zero-order valence-electron chi connectivity index (χ0n) is 8.34. The molecule has 0 radical (unpaired) electrons. The molecule has 4 nitrogen and oxygen atoms in total. The first-order chi connectivity index (χ1) is 6.41. The maximum atomic E-state index is 4.90. The summed E-state index contributed by atoms with van der Waals surface area (Å²) in [5, 5.41) is 0. The van der Waals surface area contributed by atoms with Gasteiger partial charge in [0.1, 0.15) is 0 Å². The van der Waals surface area contributed by atoms with E-state index in [1.807, 2.05) is 0 Å². The van der Waals surface area contributed by atoms with E-state index in [1.54, 1.807) is 0 Å². The Hall–Kier alpha value is -0.160. The minimum atomic E-state index is 0.682. The van der Waals surface area contributed by atoms with Gasteiger partial charge < -0.3 is 9.68 Å². The minimum absolute atomic E-state index is 0.682. The lowest BCUT2D eigenvalue weighted by Gasteiger charge is -2.00. The van der Waals surface area contributed by atoms with Crippen LogP contribution in [0.15, 0.2) is 0 Å². The average Bonchev–Trinajstić information content (AvgIpc) is 2.16. The summed E-state index contributed by atoms with van der Waals surface area (Å²) >= 11 is 0. The van der Waals surface area contributed by atoms with Gasteiger partial charge in [-0.15, -0.1) is 0 Å². The highest BCUT2D eigenvalue weighted by Gasteiger charge is 1.91. The summed E-state index contributed by atoms with van der Waals surface area (Å²) in [6, 6.07) is 0. The van der Waals surface area contributed by atoms with E-state index in [1.165, 1.54) is 32.1 Å². The molecule has 0 aromatic rings. The Labute approximate surface area is 80.5 Å². The molecule has 0 amide bonds. The summed E-state index contributed by atoms with van der Waals surface area (Å²) < 4.78 is 0. The molecule has 0 spiro atoms. The lowest BCUT2D eigenvalue weighted by Crippen LogP contribution is -2.00. The van der Waals surface area contributed by atoms with Crippen molar-refractivity contribution in [3.05, 3.63) is 0 Å². The van der Waals surface area contributed by atoms with Gasteiger partial charge >= 0.3 is 0 Å². The van der Waals surface area contributed by atoms with Crippen LogP contribution in [-0.4, -0.2) is 13.2 Å². The molecule has 80 valence electrons. The van der Waals surface area contributed by atoms with Crippen molar-refractivity contribution in [3.63, 3.8) is 0 Å². The second kappa shape index (κ2) is 11.8. The maximum Gasteiger partial charge on any atom is 0.0679 e. The fourth-order valence-corrected chi connectivity index (χ4v) is 1.25. The van der Waals surface area contributed by atoms with Crippen LogP contribution in [0.3, 0.4) is 0 Å². The van der Waals surface area contributed by atoms with Crippen LogP contribution in [0.2, 0.25) is 0 Å². The summed E-state index contributed by atoms with van der Waals surface area (Å²) in [6.45, 7) is 1.36. The van der Waals surface area contributed by atoms with Gasteiger partial charge in [0.2, 0.25) is 0 Å². The van der Waals surface area contributed by atoms with Gasteiger partial charge in [-0.2, -0.15) is 0 Å². The fourth-order valence-electron chi connectivity index (χ4n) is 1.25. The van der Waals surface area contributed by atoms with Crippen molar-refractivity contribution in [1.82, 2.24) is 0 Å². The standard InChI is InChI=1S/C9H22N2O2/c10-12-8-6-4-2-1-3-5-7-9-13-11/h1-11H2. The lowest BCUT2D eigenvalue weighted by atomic mass is 10.1. The lowest BCUT2D eigenvalue weighted by molar-refractivity contribution is 0.132. The van der Waals surface area contributed by atoms with Crippen LogP contribution < -0.4 is 11.8 Å². The third-order valence-electron chi connectivity index (χ3n) is 2.02. The second-order valence-electron chi connectivity index (χ2n) is 3.22. The van der Waals surface area contributed by atoms with E-state index in [0.29, 0.717) is 13.2 Å². The van der Waals surface area contributed by atoms with Crippen LogP contribution in [0.25, 0.3) is 0 Å². The predicted octanol–water partition coefficient (Wildman–Crippen LogP) is 1.50. The maximum absolute atomic E-state index is 4.90. The normalized spacial score (nSPS) is 10.6. The van der Waals surface area contributed by atoms with Crippen LogP contribution in [0.5, 0.6) is 0 Å².